The SMILES string of the molecule is CCCc1cc(C(C)CC)c(O)c(C(C)CC)c1. The van der Waals surface area contributed by atoms with Crippen LogP contribution in [-0.2, 0) is 6.42 Å². The van der Waals surface area contributed by atoms with Gasteiger partial charge in [-0.05, 0) is 47.8 Å². The van der Waals surface area contributed by atoms with Crippen LogP contribution in [0.15, 0.2) is 12.1 Å². The first-order chi connectivity index (χ1) is 8.54. The molecule has 0 fully saturated rings. The molecule has 0 aliphatic rings. The van der Waals surface area contributed by atoms with E-state index in [1.165, 1.54) is 5.56 Å². The van der Waals surface area contributed by atoms with Gasteiger partial charge in [-0.1, -0.05) is 53.2 Å². The molecule has 0 heterocycles. The summed E-state index contributed by atoms with van der Waals surface area (Å²) >= 11 is 0. The van der Waals surface area contributed by atoms with Crippen LogP contribution < -0.4 is 0 Å². The van der Waals surface area contributed by atoms with Gasteiger partial charge in [-0.25, -0.2) is 0 Å². The highest BCUT2D eigenvalue weighted by Crippen LogP contribution is 2.37. The monoisotopic (exact) mass is 248 g/mol. The summed E-state index contributed by atoms with van der Waals surface area (Å²) in [5.41, 5.74) is 3.65. The topological polar surface area (TPSA) is 20.2 Å². The van der Waals surface area contributed by atoms with Crippen molar-refractivity contribution in [2.24, 2.45) is 0 Å². The minimum Gasteiger partial charge on any atom is -0.507 e. The second-order valence-corrected chi connectivity index (χ2v) is 5.49. The highest BCUT2D eigenvalue weighted by atomic mass is 16.3. The molecule has 1 aromatic rings. The average Bonchev–Trinajstić information content (AvgIpc) is 2.39. The van der Waals surface area contributed by atoms with Crippen LogP contribution in [0.1, 0.15) is 82.4 Å². The van der Waals surface area contributed by atoms with Crippen molar-refractivity contribution < 1.29 is 5.11 Å². The third-order valence-electron chi connectivity index (χ3n) is 4.05. The number of hydrogen-bond acceptors (Lipinski definition) is 1. The van der Waals surface area contributed by atoms with Gasteiger partial charge in [0, 0.05) is 0 Å². The molecule has 0 aromatic heterocycles. The number of aryl methyl sites for hydroxylation is 1. The molecule has 1 aromatic carbocycles. The summed E-state index contributed by atoms with van der Waals surface area (Å²) in [7, 11) is 0. The van der Waals surface area contributed by atoms with Gasteiger partial charge in [0.25, 0.3) is 0 Å². The molecular weight excluding hydrogens is 220 g/mol. The lowest BCUT2D eigenvalue weighted by atomic mass is 9.87. The Kier molecular flexibility index (Phi) is 5.71. The van der Waals surface area contributed by atoms with Crippen molar-refractivity contribution in [3.8, 4) is 5.75 Å². The van der Waals surface area contributed by atoms with Crippen LogP contribution >= 0.6 is 0 Å². The summed E-state index contributed by atoms with van der Waals surface area (Å²) in [6, 6.07) is 4.41. The fourth-order valence-electron chi connectivity index (χ4n) is 2.37. The minimum atomic E-state index is 0.435. The zero-order chi connectivity index (χ0) is 13.7. The van der Waals surface area contributed by atoms with Gasteiger partial charge >= 0.3 is 0 Å². The molecule has 18 heavy (non-hydrogen) atoms. The predicted octanol–water partition coefficient (Wildman–Crippen LogP) is 5.37. The second kappa shape index (κ2) is 6.82. The van der Waals surface area contributed by atoms with Crippen LogP contribution in [0.4, 0.5) is 0 Å². The fraction of sp³-hybridized carbons (Fsp3) is 0.647. The Morgan fingerprint density at radius 2 is 1.39 bits per heavy atom. The van der Waals surface area contributed by atoms with Crippen molar-refractivity contribution >= 4 is 0 Å². The maximum atomic E-state index is 10.5. The molecule has 2 unspecified atom stereocenters. The van der Waals surface area contributed by atoms with Crippen molar-refractivity contribution in [3.63, 3.8) is 0 Å². The molecule has 1 rings (SSSR count). The summed E-state index contributed by atoms with van der Waals surface area (Å²) < 4.78 is 0. The van der Waals surface area contributed by atoms with Gasteiger partial charge in [0.15, 0.2) is 0 Å². The highest BCUT2D eigenvalue weighted by Gasteiger charge is 2.17. The van der Waals surface area contributed by atoms with Crippen molar-refractivity contribution in [3.05, 3.63) is 28.8 Å². The van der Waals surface area contributed by atoms with Crippen molar-refractivity contribution in [2.75, 3.05) is 0 Å². The molecule has 0 saturated carbocycles. The van der Waals surface area contributed by atoms with Crippen LogP contribution in [0.2, 0.25) is 0 Å². The van der Waals surface area contributed by atoms with Gasteiger partial charge in [0.2, 0.25) is 0 Å². The van der Waals surface area contributed by atoms with E-state index in [0.29, 0.717) is 17.6 Å². The van der Waals surface area contributed by atoms with E-state index in [0.717, 1.165) is 36.8 Å². The molecular formula is C17H28O. The van der Waals surface area contributed by atoms with Crippen LogP contribution in [0.3, 0.4) is 0 Å². The van der Waals surface area contributed by atoms with Gasteiger partial charge in [0.1, 0.15) is 5.75 Å². The third kappa shape index (κ3) is 3.28. The molecule has 0 bridgehead atoms. The summed E-state index contributed by atoms with van der Waals surface area (Å²) in [5.74, 6) is 1.41. The molecule has 0 aliphatic carbocycles. The molecule has 1 heteroatoms. The number of phenolic OH excluding ortho intramolecular Hbond substituents is 1. The van der Waals surface area contributed by atoms with Crippen LogP contribution in [0, 0.1) is 0 Å². The Morgan fingerprint density at radius 1 is 0.944 bits per heavy atom. The third-order valence-corrected chi connectivity index (χ3v) is 4.05. The Labute approximate surface area is 112 Å². The summed E-state index contributed by atoms with van der Waals surface area (Å²) in [4.78, 5) is 0. The molecule has 0 radical (unpaired) electrons. The van der Waals surface area contributed by atoms with Gasteiger partial charge in [-0.3, -0.25) is 0 Å². The Bertz CT molecular complexity index is 350. The second-order valence-electron chi connectivity index (χ2n) is 5.49. The van der Waals surface area contributed by atoms with Gasteiger partial charge in [-0.15, -0.1) is 0 Å². The molecule has 2 atom stereocenters. The highest BCUT2D eigenvalue weighted by molar-refractivity contribution is 5.47. The predicted molar refractivity (Wildman–Crippen MR) is 79.5 cm³/mol. The quantitative estimate of drug-likeness (QED) is 0.717. The smallest absolute Gasteiger partial charge is 0.122 e. The maximum Gasteiger partial charge on any atom is 0.122 e. The van der Waals surface area contributed by atoms with Crippen molar-refractivity contribution in [1.29, 1.82) is 0 Å². The molecule has 102 valence electrons. The Hall–Kier alpha value is -0.980. The number of rotatable bonds is 6. The zero-order valence-corrected chi connectivity index (χ0v) is 12.6. The molecule has 0 saturated heterocycles. The van der Waals surface area contributed by atoms with Crippen LogP contribution in [0.5, 0.6) is 5.75 Å². The Morgan fingerprint density at radius 3 is 1.72 bits per heavy atom. The van der Waals surface area contributed by atoms with E-state index in [1.54, 1.807) is 0 Å². The average molecular weight is 248 g/mol. The van der Waals surface area contributed by atoms with Gasteiger partial charge < -0.3 is 5.11 Å². The van der Waals surface area contributed by atoms with E-state index in [2.05, 4.69) is 46.8 Å². The van der Waals surface area contributed by atoms with E-state index in [1.807, 2.05) is 0 Å². The number of hydrogen-bond donors (Lipinski definition) is 1. The van der Waals surface area contributed by atoms with E-state index in [9.17, 15) is 5.11 Å². The first-order valence-corrected chi connectivity index (χ1v) is 7.40. The lowest BCUT2D eigenvalue weighted by Gasteiger charge is -2.20. The summed E-state index contributed by atoms with van der Waals surface area (Å²) in [6.07, 6.45) is 4.41. The van der Waals surface area contributed by atoms with E-state index < -0.39 is 0 Å². The molecule has 0 amide bonds. The van der Waals surface area contributed by atoms with Gasteiger partial charge in [0.05, 0.1) is 0 Å². The fourth-order valence-corrected chi connectivity index (χ4v) is 2.37. The van der Waals surface area contributed by atoms with E-state index in [4.69, 9.17) is 0 Å². The largest absolute Gasteiger partial charge is 0.507 e. The number of aromatic hydroxyl groups is 1. The molecule has 1 nitrogen and oxygen atoms in total. The van der Waals surface area contributed by atoms with Gasteiger partial charge in [-0.2, -0.15) is 0 Å². The minimum absolute atomic E-state index is 0.435. The zero-order valence-electron chi connectivity index (χ0n) is 12.6. The van der Waals surface area contributed by atoms with Crippen LogP contribution in [-0.4, -0.2) is 5.11 Å². The lowest BCUT2D eigenvalue weighted by molar-refractivity contribution is 0.448. The number of phenols is 1. The summed E-state index contributed by atoms with van der Waals surface area (Å²) in [6.45, 7) is 11.0. The first-order valence-electron chi connectivity index (χ1n) is 7.40. The summed E-state index contributed by atoms with van der Waals surface area (Å²) in [5, 5.41) is 10.5. The lowest BCUT2D eigenvalue weighted by Crippen LogP contribution is -2.01. The molecule has 0 aliphatic heterocycles. The van der Waals surface area contributed by atoms with Crippen molar-refractivity contribution in [2.45, 2.75) is 72.1 Å². The van der Waals surface area contributed by atoms with Crippen molar-refractivity contribution in [1.82, 2.24) is 0 Å². The van der Waals surface area contributed by atoms with E-state index >= 15 is 0 Å². The number of benzene rings is 1. The maximum absolute atomic E-state index is 10.5. The molecule has 1 N–H and O–H groups in total. The standard InChI is InChI=1S/C17H28O/c1-6-9-14-10-15(12(4)7-2)17(18)16(11-14)13(5)8-3/h10-13,18H,6-9H2,1-5H3. The molecule has 0 spiro atoms. The van der Waals surface area contributed by atoms with E-state index in [-0.39, 0.29) is 0 Å². The van der Waals surface area contributed by atoms with Crippen LogP contribution in [0.25, 0.3) is 0 Å². The Balaban J connectivity index is 3.28. The first kappa shape index (κ1) is 15.1. The normalized spacial score (nSPS) is 14.5.